The van der Waals surface area contributed by atoms with Gasteiger partial charge in [0.25, 0.3) is 5.41 Å². The van der Waals surface area contributed by atoms with Gasteiger partial charge in [0.1, 0.15) is 11.7 Å². The van der Waals surface area contributed by atoms with Gasteiger partial charge in [-0.3, -0.25) is 9.59 Å². The van der Waals surface area contributed by atoms with Crippen molar-refractivity contribution in [1.82, 2.24) is 0 Å². The number of hydrogen-bond donors (Lipinski definition) is 3. The number of hydrogen-bond acceptors (Lipinski definition) is 4. The fourth-order valence-electron chi connectivity index (χ4n) is 2.26. The fraction of sp³-hybridized carbons (Fsp3) is 0.385. The maximum atomic E-state index is 14.9. The Bertz CT molecular complexity index is 725. The van der Waals surface area contributed by atoms with Crippen molar-refractivity contribution in [2.75, 3.05) is 0 Å². The lowest BCUT2D eigenvalue weighted by Crippen LogP contribution is -2.49. The van der Waals surface area contributed by atoms with Gasteiger partial charge in [-0.1, -0.05) is 12.1 Å². The third-order valence-corrected chi connectivity index (χ3v) is 4.85. The molecule has 1 aromatic carbocycles. The average molecular weight is 389 g/mol. The molecule has 0 saturated heterocycles. The summed E-state index contributed by atoms with van der Waals surface area (Å²) in [5, 5.41) is 13.0. The molecule has 140 valence electrons. The predicted molar refractivity (Wildman–Crippen MR) is 75.2 cm³/mol. The molecule has 1 rings (SSSR count). The number of rotatable bonds is 8. The Kier molecular flexibility index (Phi) is 5.84. The highest BCUT2D eigenvalue weighted by Gasteiger charge is 2.74. The van der Waals surface area contributed by atoms with Gasteiger partial charge in [0, 0.05) is 6.42 Å². The van der Waals surface area contributed by atoms with Crippen LogP contribution in [0.5, 0.6) is 5.75 Å². The Morgan fingerprint density at radius 1 is 1.20 bits per heavy atom. The van der Waals surface area contributed by atoms with Crippen molar-refractivity contribution >= 4 is 19.6 Å². The van der Waals surface area contributed by atoms with E-state index < -0.39 is 61.0 Å². The highest BCUT2D eigenvalue weighted by atomic mass is 31.2. The van der Waals surface area contributed by atoms with Gasteiger partial charge < -0.3 is 15.9 Å². The first-order chi connectivity index (χ1) is 11.3. The van der Waals surface area contributed by atoms with Gasteiger partial charge in [0.15, 0.2) is 0 Å². The van der Waals surface area contributed by atoms with Crippen molar-refractivity contribution in [3.8, 4) is 5.75 Å². The number of carbonyl (C=O) groups excluding carboxylic acids is 1. The number of carboxylic acids is 1. The zero-order valence-corrected chi connectivity index (χ0v) is 13.2. The minimum absolute atomic E-state index is 0.381. The van der Waals surface area contributed by atoms with E-state index in [0.717, 1.165) is 12.1 Å². The van der Waals surface area contributed by atoms with E-state index in [-0.39, 0.29) is 0 Å². The maximum absolute atomic E-state index is 14.9. The molecule has 0 fully saturated rings. The summed E-state index contributed by atoms with van der Waals surface area (Å²) in [4.78, 5) is 21.8. The highest BCUT2D eigenvalue weighted by molar-refractivity contribution is 7.54. The molecule has 0 aromatic heterocycles. The number of alkyl halides is 3. The van der Waals surface area contributed by atoms with E-state index in [9.17, 15) is 40.8 Å². The van der Waals surface area contributed by atoms with Gasteiger partial charge in [-0.2, -0.15) is 8.78 Å². The van der Waals surface area contributed by atoms with Gasteiger partial charge in [0.2, 0.25) is 5.91 Å². The number of amides is 1. The molecule has 2 unspecified atom stereocenters. The van der Waals surface area contributed by atoms with Crippen LogP contribution in [0.15, 0.2) is 24.3 Å². The van der Waals surface area contributed by atoms with Gasteiger partial charge in [-0.25, -0.2) is 8.96 Å². The van der Waals surface area contributed by atoms with E-state index in [1.54, 1.807) is 0 Å². The first-order valence-corrected chi connectivity index (χ1v) is 8.11. The van der Waals surface area contributed by atoms with Crippen LogP contribution in [0.4, 0.5) is 21.6 Å². The number of carboxylic acid groups (broad SMARTS) is 1. The summed E-state index contributed by atoms with van der Waals surface area (Å²) in [7, 11) is -7.43. The second-order valence-corrected chi connectivity index (χ2v) is 6.70. The summed E-state index contributed by atoms with van der Waals surface area (Å²) < 4.78 is 82.0. The average Bonchev–Trinajstić information content (AvgIpc) is 2.45. The van der Waals surface area contributed by atoms with Crippen molar-refractivity contribution in [3.63, 3.8) is 0 Å². The number of phenols is 1. The van der Waals surface area contributed by atoms with Crippen LogP contribution in [-0.2, 0) is 20.1 Å². The second-order valence-electron chi connectivity index (χ2n) is 5.12. The smallest absolute Gasteiger partial charge is 0.446 e. The third kappa shape index (κ3) is 3.76. The Morgan fingerprint density at radius 3 is 2.12 bits per heavy atom. The molecule has 0 aliphatic rings. The lowest BCUT2D eigenvalue weighted by atomic mass is 9.89. The first kappa shape index (κ1) is 20.9. The number of aromatic hydroxyl groups is 1. The lowest BCUT2D eigenvalue weighted by molar-refractivity contribution is -0.168. The summed E-state index contributed by atoms with van der Waals surface area (Å²) in [6.07, 6.45) is -2.36. The van der Waals surface area contributed by atoms with Crippen LogP contribution in [0.3, 0.4) is 0 Å². The largest absolute Gasteiger partial charge is 0.507 e. The maximum Gasteiger partial charge on any atom is 0.446 e. The van der Waals surface area contributed by atoms with Gasteiger partial charge >= 0.3 is 19.7 Å². The quantitative estimate of drug-likeness (QED) is 0.466. The molecule has 1 amide bonds. The molecule has 0 aliphatic heterocycles. The first-order valence-electron chi connectivity index (χ1n) is 6.62. The van der Waals surface area contributed by atoms with Crippen LogP contribution >= 0.6 is 7.76 Å². The van der Waals surface area contributed by atoms with Gasteiger partial charge in [-0.05, 0) is 18.6 Å². The van der Waals surface area contributed by atoms with Gasteiger partial charge in [-0.15, -0.1) is 8.39 Å². The van der Waals surface area contributed by atoms with Crippen LogP contribution in [-0.4, -0.2) is 27.5 Å². The van der Waals surface area contributed by atoms with E-state index in [2.05, 4.69) is 0 Å². The molecule has 6 nitrogen and oxygen atoms in total. The summed E-state index contributed by atoms with van der Waals surface area (Å²) in [6, 6.07) is 2.89. The zero-order valence-electron chi connectivity index (χ0n) is 12.3. The number of nitrogens with two attached hydrogens (primary N) is 1. The number of phenolic OH excluding ortho intramolecular Hbond substituents is 1. The Morgan fingerprint density at radius 2 is 1.72 bits per heavy atom. The van der Waals surface area contributed by atoms with Crippen LogP contribution < -0.4 is 5.73 Å². The molecule has 25 heavy (non-hydrogen) atoms. The van der Waals surface area contributed by atoms with E-state index in [4.69, 9.17) is 10.8 Å². The lowest BCUT2D eigenvalue weighted by Gasteiger charge is -2.36. The molecule has 0 aliphatic carbocycles. The van der Waals surface area contributed by atoms with Crippen molar-refractivity contribution in [2.45, 2.75) is 24.2 Å². The summed E-state index contributed by atoms with van der Waals surface area (Å²) in [5.41, 5.74) is 3.03. The normalized spacial score (nSPS) is 16.0. The van der Waals surface area contributed by atoms with Crippen molar-refractivity contribution in [3.05, 3.63) is 29.8 Å². The fourth-order valence-corrected chi connectivity index (χ4v) is 3.31. The number of halogens is 5. The minimum Gasteiger partial charge on any atom is -0.507 e. The molecule has 0 bridgehead atoms. The molecule has 0 saturated carbocycles. The van der Waals surface area contributed by atoms with E-state index in [1.165, 1.54) is 0 Å². The van der Waals surface area contributed by atoms with E-state index in [1.807, 2.05) is 0 Å². The zero-order chi connectivity index (χ0) is 19.6. The van der Waals surface area contributed by atoms with Gasteiger partial charge in [0.05, 0.1) is 5.56 Å². The summed E-state index contributed by atoms with van der Waals surface area (Å²) in [5.74, 6) is -13.6. The van der Waals surface area contributed by atoms with Crippen LogP contribution in [0.2, 0.25) is 0 Å². The number of aliphatic carboxylic acids is 1. The minimum atomic E-state index is -7.43. The summed E-state index contributed by atoms with van der Waals surface area (Å²) in [6.45, 7) is 0. The summed E-state index contributed by atoms with van der Waals surface area (Å²) >= 11 is 0. The number of para-hydroxylation sites is 1. The molecule has 4 N–H and O–H groups in total. The topological polar surface area (TPSA) is 118 Å². The van der Waals surface area contributed by atoms with E-state index in [0.29, 0.717) is 12.1 Å². The standard InChI is InChI=1S/C13H13F5NO5P/c14-12(15,7-3-1-2-4-9(7)20)13(16,25(17,18)24)8(11(22)23)5-6-10(19)21/h1-4,8,20H,5-6H2,(H2,19,21)(H,22,23). The molecular weight excluding hydrogens is 376 g/mol. The van der Waals surface area contributed by atoms with Crippen LogP contribution in [0.1, 0.15) is 18.4 Å². The number of benzene rings is 1. The molecule has 0 spiro atoms. The number of carbonyl (C=O) groups is 2. The molecule has 0 heterocycles. The second kappa shape index (κ2) is 6.99. The van der Waals surface area contributed by atoms with Crippen LogP contribution in [0, 0.1) is 5.92 Å². The number of primary amides is 1. The van der Waals surface area contributed by atoms with Crippen LogP contribution in [0.25, 0.3) is 0 Å². The van der Waals surface area contributed by atoms with Crippen molar-refractivity contribution < 1.29 is 45.9 Å². The molecular formula is C13H13F5NO5P. The Labute approximate surface area is 138 Å². The third-order valence-electron chi connectivity index (χ3n) is 3.50. The molecule has 0 radical (unpaired) electrons. The predicted octanol–water partition coefficient (Wildman–Crippen LogP) is 3.25. The monoisotopic (exact) mass is 389 g/mol. The SMILES string of the molecule is NC(=O)CCC(C(=O)O)C(F)(C(F)(F)c1ccccc1O)P(=O)(F)F. The molecule has 1 aromatic rings. The van der Waals surface area contributed by atoms with Crippen molar-refractivity contribution in [1.29, 1.82) is 0 Å². The highest BCUT2D eigenvalue weighted by Crippen LogP contribution is 2.73. The van der Waals surface area contributed by atoms with E-state index >= 15 is 0 Å². The van der Waals surface area contributed by atoms with Crippen molar-refractivity contribution in [2.24, 2.45) is 11.7 Å². The Hall–Kier alpha value is -2.16. The Balaban J connectivity index is 3.64. The molecule has 2 atom stereocenters. The molecule has 12 heteroatoms.